The maximum absolute atomic E-state index is 13.4. The third kappa shape index (κ3) is 4.28. The van der Waals surface area contributed by atoms with Crippen molar-refractivity contribution in [1.29, 1.82) is 0 Å². The van der Waals surface area contributed by atoms with Crippen molar-refractivity contribution >= 4 is 11.6 Å². The van der Waals surface area contributed by atoms with Gasteiger partial charge in [-0.05, 0) is 13.8 Å². The van der Waals surface area contributed by atoms with Gasteiger partial charge in [0.25, 0.3) is 5.56 Å². The Morgan fingerprint density at radius 3 is 2.12 bits per heavy atom. The number of ether oxygens (including phenoxy) is 1. The fourth-order valence-electron chi connectivity index (χ4n) is 4.07. The lowest BCUT2D eigenvalue weighted by Crippen LogP contribution is -2.53. The highest BCUT2D eigenvalue weighted by Crippen LogP contribution is 2.40. The third-order valence-corrected chi connectivity index (χ3v) is 6.02. The summed E-state index contributed by atoms with van der Waals surface area (Å²) < 4.78 is 6.78. The molecule has 0 aliphatic carbocycles. The van der Waals surface area contributed by atoms with Crippen LogP contribution in [0.3, 0.4) is 0 Å². The SMILES string of the molecule is Cc1ccc(C(=O)C(O)[C@H]2O[C@@H](n3ccc(=O)[nH]c3=O)C[C@@]2(O)C(=O)c2ccc(C)cc2)cc1. The lowest BCUT2D eigenvalue weighted by molar-refractivity contribution is -0.0915. The quantitative estimate of drug-likeness (QED) is 0.467. The van der Waals surface area contributed by atoms with Crippen molar-refractivity contribution in [2.24, 2.45) is 0 Å². The molecule has 1 aromatic heterocycles. The van der Waals surface area contributed by atoms with Gasteiger partial charge in [-0.3, -0.25) is 23.9 Å². The van der Waals surface area contributed by atoms with E-state index in [1.165, 1.54) is 30.5 Å². The highest BCUT2D eigenvalue weighted by atomic mass is 16.6. The van der Waals surface area contributed by atoms with Crippen LogP contribution in [0, 0.1) is 13.8 Å². The molecule has 2 aromatic carbocycles. The fraction of sp³-hybridized carbons (Fsp3) is 0.280. The average molecular weight is 464 g/mol. The summed E-state index contributed by atoms with van der Waals surface area (Å²) in [5, 5.41) is 22.5. The van der Waals surface area contributed by atoms with Gasteiger partial charge in [-0.15, -0.1) is 0 Å². The van der Waals surface area contributed by atoms with Gasteiger partial charge in [0.1, 0.15) is 18.4 Å². The number of Topliss-reactive ketones (excluding diaryl/α,β-unsaturated/α-hetero) is 2. The molecule has 0 saturated carbocycles. The molecule has 176 valence electrons. The monoisotopic (exact) mass is 464 g/mol. The molecule has 1 unspecified atom stereocenters. The molecule has 1 aliphatic rings. The summed E-state index contributed by atoms with van der Waals surface area (Å²) in [5.74, 6) is -1.50. The number of aryl methyl sites for hydroxylation is 2. The lowest BCUT2D eigenvalue weighted by Gasteiger charge is -2.29. The van der Waals surface area contributed by atoms with Gasteiger partial charge < -0.3 is 14.9 Å². The Balaban J connectivity index is 1.74. The average Bonchev–Trinajstić information content (AvgIpc) is 3.17. The highest BCUT2D eigenvalue weighted by Gasteiger charge is 2.57. The van der Waals surface area contributed by atoms with Crippen molar-refractivity contribution in [2.75, 3.05) is 0 Å². The molecule has 0 bridgehead atoms. The minimum atomic E-state index is -2.32. The molecule has 9 heteroatoms. The Hall–Kier alpha value is -3.66. The molecule has 1 fully saturated rings. The van der Waals surface area contributed by atoms with E-state index in [0.29, 0.717) is 0 Å². The highest BCUT2D eigenvalue weighted by molar-refractivity contribution is 6.05. The van der Waals surface area contributed by atoms with E-state index in [1.54, 1.807) is 24.3 Å². The number of benzene rings is 2. The number of nitrogens with one attached hydrogen (secondary N) is 1. The number of H-pyrrole nitrogens is 1. The molecule has 0 spiro atoms. The molecule has 9 nitrogen and oxygen atoms in total. The van der Waals surface area contributed by atoms with Crippen LogP contribution in [-0.2, 0) is 4.74 Å². The number of carbonyl (C=O) groups excluding carboxylic acids is 2. The number of nitrogens with zero attached hydrogens (tertiary/aromatic N) is 1. The van der Waals surface area contributed by atoms with E-state index in [9.17, 15) is 29.4 Å². The zero-order valence-electron chi connectivity index (χ0n) is 18.6. The summed E-state index contributed by atoms with van der Waals surface area (Å²) in [7, 11) is 0. The van der Waals surface area contributed by atoms with Crippen molar-refractivity contribution in [3.05, 3.63) is 104 Å². The lowest BCUT2D eigenvalue weighted by atomic mass is 9.82. The first-order chi connectivity index (χ1) is 16.1. The Kier molecular flexibility index (Phi) is 6.18. The predicted molar refractivity (Wildman–Crippen MR) is 122 cm³/mol. The topological polar surface area (TPSA) is 139 Å². The van der Waals surface area contributed by atoms with Gasteiger partial charge in [-0.2, -0.15) is 0 Å². The molecule has 4 rings (SSSR count). The Labute approximate surface area is 194 Å². The number of aliphatic hydroxyl groups is 2. The first-order valence-electron chi connectivity index (χ1n) is 10.7. The Bertz CT molecular complexity index is 1340. The van der Waals surface area contributed by atoms with Crippen molar-refractivity contribution in [1.82, 2.24) is 9.55 Å². The van der Waals surface area contributed by atoms with Crippen molar-refractivity contribution in [3.63, 3.8) is 0 Å². The molecule has 2 heterocycles. The Morgan fingerprint density at radius 2 is 1.56 bits per heavy atom. The van der Waals surface area contributed by atoms with Gasteiger partial charge in [0, 0.05) is 29.8 Å². The summed E-state index contributed by atoms with van der Waals surface area (Å²) in [6, 6.07) is 14.0. The minimum Gasteiger partial charge on any atom is -0.382 e. The van der Waals surface area contributed by atoms with Crippen LogP contribution in [-0.4, -0.2) is 49.1 Å². The van der Waals surface area contributed by atoms with Crippen molar-refractivity contribution in [2.45, 2.75) is 44.3 Å². The van der Waals surface area contributed by atoms with E-state index < -0.39 is 53.3 Å². The predicted octanol–water partition coefficient (Wildman–Crippen LogP) is 1.30. The van der Waals surface area contributed by atoms with Crippen LogP contribution >= 0.6 is 0 Å². The molecule has 4 atom stereocenters. The maximum atomic E-state index is 13.4. The molecule has 1 saturated heterocycles. The molecular weight excluding hydrogens is 440 g/mol. The van der Waals surface area contributed by atoms with E-state index in [4.69, 9.17) is 4.74 Å². The zero-order chi connectivity index (χ0) is 24.6. The van der Waals surface area contributed by atoms with Crippen LogP contribution in [0.5, 0.6) is 0 Å². The number of hydrogen-bond acceptors (Lipinski definition) is 7. The second kappa shape index (κ2) is 8.94. The van der Waals surface area contributed by atoms with Crippen LogP contribution in [0.15, 0.2) is 70.4 Å². The first kappa shape index (κ1) is 23.5. The van der Waals surface area contributed by atoms with Gasteiger partial charge in [0.05, 0.1) is 0 Å². The summed E-state index contributed by atoms with van der Waals surface area (Å²) >= 11 is 0. The number of aromatic nitrogens is 2. The van der Waals surface area contributed by atoms with Crippen LogP contribution in [0.2, 0.25) is 0 Å². The van der Waals surface area contributed by atoms with Crippen LogP contribution in [0.1, 0.15) is 44.5 Å². The minimum absolute atomic E-state index is 0.158. The van der Waals surface area contributed by atoms with E-state index in [-0.39, 0.29) is 11.1 Å². The summed E-state index contributed by atoms with van der Waals surface area (Å²) in [5.41, 5.74) is -1.63. The zero-order valence-corrected chi connectivity index (χ0v) is 18.6. The van der Waals surface area contributed by atoms with E-state index in [0.717, 1.165) is 21.8 Å². The maximum Gasteiger partial charge on any atom is 0.330 e. The Morgan fingerprint density at radius 1 is 1.00 bits per heavy atom. The number of ketones is 2. The molecule has 0 amide bonds. The molecule has 3 aromatic rings. The number of aliphatic hydroxyl groups excluding tert-OH is 1. The summed E-state index contributed by atoms with van der Waals surface area (Å²) in [6.45, 7) is 3.68. The van der Waals surface area contributed by atoms with Crippen molar-refractivity contribution in [3.8, 4) is 0 Å². The second-order valence-corrected chi connectivity index (χ2v) is 8.53. The fourth-order valence-corrected chi connectivity index (χ4v) is 4.07. The van der Waals surface area contributed by atoms with Crippen LogP contribution in [0.25, 0.3) is 0 Å². The van der Waals surface area contributed by atoms with Gasteiger partial charge in [-0.1, -0.05) is 59.7 Å². The number of rotatable bonds is 6. The second-order valence-electron chi connectivity index (χ2n) is 8.53. The van der Waals surface area contributed by atoms with E-state index in [1.807, 2.05) is 13.8 Å². The number of carbonyl (C=O) groups is 2. The van der Waals surface area contributed by atoms with Gasteiger partial charge >= 0.3 is 5.69 Å². The van der Waals surface area contributed by atoms with E-state index in [2.05, 4.69) is 4.98 Å². The van der Waals surface area contributed by atoms with Crippen LogP contribution < -0.4 is 11.2 Å². The van der Waals surface area contributed by atoms with Crippen molar-refractivity contribution < 1.29 is 24.5 Å². The molecular formula is C25H24N2O7. The standard InChI is InChI=1S/C25H24N2O7/c1-14-3-7-16(8-4-14)20(29)21(30)23-25(33,22(31)17-9-5-15(2)6-10-17)13-19(34-23)27-12-11-18(28)26-24(27)32/h3-12,19,21,23,30,33H,13H2,1-2H3,(H,26,28,32)/t19-,21?,23-,25-/m1/s1. The normalized spacial score (nSPS) is 22.9. The summed E-state index contributed by atoms with van der Waals surface area (Å²) in [6.07, 6.45) is -4.04. The smallest absolute Gasteiger partial charge is 0.330 e. The first-order valence-corrected chi connectivity index (χ1v) is 10.7. The number of aromatic amines is 1. The van der Waals surface area contributed by atoms with Crippen LogP contribution in [0.4, 0.5) is 0 Å². The molecule has 3 N–H and O–H groups in total. The summed E-state index contributed by atoms with van der Waals surface area (Å²) in [4.78, 5) is 52.3. The molecule has 1 aliphatic heterocycles. The van der Waals surface area contributed by atoms with Gasteiger partial charge in [-0.25, -0.2) is 4.79 Å². The van der Waals surface area contributed by atoms with Gasteiger partial charge in [0.2, 0.25) is 0 Å². The van der Waals surface area contributed by atoms with Gasteiger partial charge in [0.15, 0.2) is 17.2 Å². The molecule has 34 heavy (non-hydrogen) atoms. The number of hydrogen-bond donors (Lipinski definition) is 3. The van der Waals surface area contributed by atoms with E-state index >= 15 is 0 Å². The molecule has 0 radical (unpaired) electrons. The largest absolute Gasteiger partial charge is 0.382 e. The third-order valence-electron chi connectivity index (χ3n) is 6.02.